The van der Waals surface area contributed by atoms with Crippen LogP contribution in [0.3, 0.4) is 0 Å². The summed E-state index contributed by atoms with van der Waals surface area (Å²) >= 11 is 0. The number of benzene rings is 1. The molecular weight excluding hydrogens is 264 g/mol. The molecule has 20 heavy (non-hydrogen) atoms. The van der Waals surface area contributed by atoms with Crippen molar-refractivity contribution in [3.63, 3.8) is 0 Å². The molecule has 1 atom stereocenters. The van der Waals surface area contributed by atoms with Gasteiger partial charge in [-0.1, -0.05) is 11.6 Å². The highest BCUT2D eigenvalue weighted by atomic mass is 16.5. The van der Waals surface area contributed by atoms with Crippen LogP contribution in [-0.4, -0.2) is 36.2 Å². The summed E-state index contributed by atoms with van der Waals surface area (Å²) in [5.74, 6) is -1.74. The summed E-state index contributed by atoms with van der Waals surface area (Å²) in [4.78, 5) is 33.9. The van der Waals surface area contributed by atoms with Crippen LogP contribution in [0.4, 0.5) is 10.5 Å². The molecule has 0 aliphatic heterocycles. The number of hydrogen-bond acceptors (Lipinski definition) is 4. The molecule has 7 nitrogen and oxygen atoms in total. The molecule has 1 rings (SSSR count). The number of aromatic carboxylic acids is 1. The predicted octanol–water partition coefficient (Wildman–Crippen LogP) is 1.38. The third kappa shape index (κ3) is 3.98. The lowest BCUT2D eigenvalue weighted by Gasteiger charge is -2.14. The maximum atomic E-state index is 11.7. The Bertz CT molecular complexity index is 542. The lowest BCUT2D eigenvalue weighted by molar-refractivity contribution is -0.142. The van der Waals surface area contributed by atoms with E-state index in [-0.39, 0.29) is 11.3 Å². The number of methoxy groups -OCH3 is 1. The number of esters is 1. The molecule has 1 aromatic carbocycles. The Morgan fingerprint density at radius 1 is 1.30 bits per heavy atom. The van der Waals surface area contributed by atoms with Crippen LogP contribution in [0.2, 0.25) is 0 Å². The summed E-state index contributed by atoms with van der Waals surface area (Å²) in [5, 5.41) is 13.8. The van der Waals surface area contributed by atoms with Crippen LogP contribution in [0, 0.1) is 6.92 Å². The lowest BCUT2D eigenvalue weighted by Crippen LogP contribution is -2.41. The number of amides is 2. The van der Waals surface area contributed by atoms with E-state index in [0.29, 0.717) is 0 Å². The third-order valence-electron chi connectivity index (χ3n) is 2.56. The van der Waals surface area contributed by atoms with Crippen LogP contribution >= 0.6 is 0 Å². The lowest BCUT2D eigenvalue weighted by atomic mass is 10.1. The van der Waals surface area contributed by atoms with Gasteiger partial charge in [0, 0.05) is 0 Å². The van der Waals surface area contributed by atoms with Crippen molar-refractivity contribution in [1.29, 1.82) is 0 Å². The number of carboxylic acids is 1. The Morgan fingerprint density at radius 3 is 2.50 bits per heavy atom. The second kappa shape index (κ2) is 6.55. The van der Waals surface area contributed by atoms with Crippen molar-refractivity contribution in [2.75, 3.05) is 12.4 Å². The minimum Gasteiger partial charge on any atom is -0.478 e. The number of hydrogen-bond donors (Lipinski definition) is 3. The zero-order chi connectivity index (χ0) is 15.3. The maximum absolute atomic E-state index is 11.7. The zero-order valence-corrected chi connectivity index (χ0v) is 11.4. The van der Waals surface area contributed by atoms with Gasteiger partial charge in [0.05, 0.1) is 18.4 Å². The van der Waals surface area contributed by atoms with Crippen LogP contribution in [0.15, 0.2) is 18.2 Å². The van der Waals surface area contributed by atoms with Crippen molar-refractivity contribution >= 4 is 23.7 Å². The minimum absolute atomic E-state index is 0.0223. The Labute approximate surface area is 115 Å². The molecule has 2 amide bonds. The van der Waals surface area contributed by atoms with Crippen LogP contribution < -0.4 is 10.6 Å². The number of rotatable bonds is 4. The fourth-order valence-electron chi connectivity index (χ4n) is 1.53. The number of ether oxygens (including phenoxy) is 1. The van der Waals surface area contributed by atoms with Crippen LogP contribution in [-0.2, 0) is 9.53 Å². The number of aryl methyl sites for hydroxylation is 1. The van der Waals surface area contributed by atoms with E-state index in [2.05, 4.69) is 15.4 Å². The third-order valence-corrected chi connectivity index (χ3v) is 2.56. The first-order chi connectivity index (χ1) is 9.35. The Hall–Kier alpha value is -2.57. The van der Waals surface area contributed by atoms with Gasteiger partial charge < -0.3 is 20.5 Å². The first-order valence-corrected chi connectivity index (χ1v) is 5.84. The monoisotopic (exact) mass is 280 g/mol. The molecular formula is C13H16N2O5. The van der Waals surface area contributed by atoms with E-state index in [1.165, 1.54) is 26.2 Å². The van der Waals surface area contributed by atoms with Crippen LogP contribution in [0.1, 0.15) is 22.8 Å². The number of nitrogens with one attached hydrogen (secondary N) is 2. The van der Waals surface area contributed by atoms with Gasteiger partial charge in [0.1, 0.15) is 6.04 Å². The summed E-state index contributed by atoms with van der Waals surface area (Å²) in [6, 6.07) is 3.09. The van der Waals surface area contributed by atoms with Gasteiger partial charge in [0.15, 0.2) is 0 Å². The van der Waals surface area contributed by atoms with Crippen LogP contribution in [0.5, 0.6) is 0 Å². The summed E-state index contributed by atoms with van der Waals surface area (Å²) in [7, 11) is 1.21. The van der Waals surface area contributed by atoms with Crippen molar-refractivity contribution in [2.24, 2.45) is 0 Å². The smallest absolute Gasteiger partial charge is 0.337 e. The van der Waals surface area contributed by atoms with Crippen molar-refractivity contribution in [3.05, 3.63) is 29.3 Å². The Balaban J connectivity index is 2.81. The summed E-state index contributed by atoms with van der Waals surface area (Å²) < 4.78 is 4.47. The van der Waals surface area contributed by atoms with Crippen LogP contribution in [0.25, 0.3) is 0 Å². The fourth-order valence-corrected chi connectivity index (χ4v) is 1.53. The number of carboxylic acid groups (broad SMARTS) is 1. The molecule has 0 fully saturated rings. The highest BCUT2D eigenvalue weighted by Crippen LogP contribution is 2.17. The molecule has 1 aromatic rings. The van der Waals surface area contributed by atoms with Gasteiger partial charge in [0.25, 0.3) is 0 Å². The summed E-state index contributed by atoms with van der Waals surface area (Å²) in [6.07, 6.45) is 0. The molecule has 0 aliphatic rings. The van der Waals surface area contributed by atoms with Crippen molar-refractivity contribution in [3.8, 4) is 0 Å². The minimum atomic E-state index is -1.15. The molecule has 0 saturated heterocycles. The van der Waals surface area contributed by atoms with E-state index in [1.54, 1.807) is 13.0 Å². The van der Waals surface area contributed by atoms with Gasteiger partial charge in [0.2, 0.25) is 0 Å². The number of carbonyl (C=O) groups is 3. The van der Waals surface area contributed by atoms with E-state index in [4.69, 9.17) is 5.11 Å². The largest absolute Gasteiger partial charge is 0.478 e. The topological polar surface area (TPSA) is 105 Å². The van der Waals surface area contributed by atoms with Gasteiger partial charge in [-0.05, 0) is 26.0 Å². The number of anilines is 1. The quantitative estimate of drug-likeness (QED) is 0.723. The molecule has 0 bridgehead atoms. The zero-order valence-electron chi connectivity index (χ0n) is 11.4. The van der Waals surface area contributed by atoms with Gasteiger partial charge in [-0.2, -0.15) is 0 Å². The van der Waals surface area contributed by atoms with E-state index in [9.17, 15) is 14.4 Å². The molecule has 108 valence electrons. The van der Waals surface area contributed by atoms with Gasteiger partial charge >= 0.3 is 18.0 Å². The summed E-state index contributed by atoms with van der Waals surface area (Å²) in [5.41, 5.74) is 0.889. The van der Waals surface area contributed by atoms with Gasteiger partial charge in [-0.25, -0.2) is 14.4 Å². The van der Waals surface area contributed by atoms with Gasteiger partial charge in [-0.15, -0.1) is 0 Å². The number of urea groups is 1. The van der Waals surface area contributed by atoms with E-state index in [0.717, 1.165) is 5.56 Å². The standard InChI is InChI=1S/C13H16N2O5/c1-7-4-5-10(9(6-7)11(16)17)15-13(19)14-8(2)12(18)20-3/h4-6,8H,1-3H3,(H,16,17)(H2,14,15,19). The molecule has 0 aliphatic carbocycles. The van der Waals surface area contributed by atoms with Crippen molar-refractivity contribution in [2.45, 2.75) is 19.9 Å². The molecule has 0 heterocycles. The van der Waals surface area contributed by atoms with Crippen molar-refractivity contribution < 1.29 is 24.2 Å². The Morgan fingerprint density at radius 2 is 1.95 bits per heavy atom. The molecule has 0 saturated carbocycles. The average Bonchev–Trinajstić information content (AvgIpc) is 2.39. The van der Waals surface area contributed by atoms with Gasteiger partial charge in [-0.3, -0.25) is 0 Å². The average molecular weight is 280 g/mol. The Kier molecular flexibility index (Phi) is 5.08. The SMILES string of the molecule is COC(=O)C(C)NC(=O)Nc1ccc(C)cc1C(=O)O. The molecule has 0 aromatic heterocycles. The molecule has 0 radical (unpaired) electrons. The first-order valence-electron chi connectivity index (χ1n) is 5.84. The normalized spacial score (nSPS) is 11.3. The predicted molar refractivity (Wildman–Crippen MR) is 71.8 cm³/mol. The molecule has 1 unspecified atom stereocenters. The van der Waals surface area contributed by atoms with E-state index < -0.39 is 24.0 Å². The molecule has 0 spiro atoms. The van der Waals surface area contributed by atoms with E-state index in [1.807, 2.05) is 0 Å². The first kappa shape index (κ1) is 15.5. The second-order valence-electron chi connectivity index (χ2n) is 4.20. The fraction of sp³-hybridized carbons (Fsp3) is 0.308. The maximum Gasteiger partial charge on any atom is 0.337 e. The van der Waals surface area contributed by atoms with Crippen molar-refractivity contribution in [1.82, 2.24) is 5.32 Å². The highest BCUT2D eigenvalue weighted by Gasteiger charge is 2.17. The second-order valence-corrected chi connectivity index (χ2v) is 4.20. The van der Waals surface area contributed by atoms with E-state index >= 15 is 0 Å². The summed E-state index contributed by atoms with van der Waals surface area (Å²) in [6.45, 7) is 3.20. The molecule has 7 heteroatoms. The number of carbonyl (C=O) groups excluding carboxylic acids is 2. The highest BCUT2D eigenvalue weighted by molar-refractivity contribution is 6.00. The molecule has 3 N–H and O–H groups in total.